The average Bonchev–Trinajstić information content (AvgIpc) is 3.01. The van der Waals surface area contributed by atoms with E-state index in [1.54, 1.807) is 0 Å². The van der Waals surface area contributed by atoms with E-state index >= 15 is 0 Å². The van der Waals surface area contributed by atoms with Crippen LogP contribution in [-0.4, -0.2) is 41.1 Å². The third-order valence-electron chi connectivity index (χ3n) is 4.53. The van der Waals surface area contributed by atoms with Crippen molar-refractivity contribution < 1.29 is 0 Å². The third-order valence-corrected chi connectivity index (χ3v) is 4.53. The number of rotatable bonds is 8. The lowest BCUT2D eigenvalue weighted by atomic mass is 9.85. The van der Waals surface area contributed by atoms with Crippen molar-refractivity contribution >= 4 is 0 Å². The summed E-state index contributed by atoms with van der Waals surface area (Å²) in [5.74, 6) is 1.15. The maximum Gasteiger partial charge on any atom is 0.122 e. The fourth-order valence-electron chi connectivity index (χ4n) is 3.46. The summed E-state index contributed by atoms with van der Waals surface area (Å²) in [5.41, 5.74) is 0.481. The molecule has 0 aromatic carbocycles. The summed E-state index contributed by atoms with van der Waals surface area (Å²) in [6, 6.07) is 0. The molecule has 1 aliphatic carbocycles. The number of hydrogen-bond acceptors (Lipinski definition) is 3. The number of hydrogen-bond donors (Lipinski definition) is 1. The minimum Gasteiger partial charge on any atom is -0.337 e. The van der Waals surface area contributed by atoms with E-state index < -0.39 is 0 Å². The van der Waals surface area contributed by atoms with Gasteiger partial charge >= 0.3 is 0 Å². The predicted molar refractivity (Wildman–Crippen MR) is 83.6 cm³/mol. The number of aryl methyl sites for hydroxylation is 1. The van der Waals surface area contributed by atoms with Crippen molar-refractivity contribution in [1.82, 2.24) is 19.8 Å². The van der Waals surface area contributed by atoms with Crippen LogP contribution in [0.15, 0.2) is 12.4 Å². The molecule has 1 fully saturated rings. The van der Waals surface area contributed by atoms with E-state index in [2.05, 4.69) is 40.8 Å². The van der Waals surface area contributed by atoms with Crippen LogP contribution in [0.1, 0.15) is 44.9 Å². The van der Waals surface area contributed by atoms with Gasteiger partial charge in [-0.3, -0.25) is 4.90 Å². The zero-order chi connectivity index (χ0) is 14.4. The Labute approximate surface area is 123 Å². The van der Waals surface area contributed by atoms with Crippen molar-refractivity contribution in [2.24, 2.45) is 12.5 Å². The molecule has 0 unspecified atom stereocenters. The van der Waals surface area contributed by atoms with Crippen molar-refractivity contribution in [3.05, 3.63) is 18.2 Å². The fourth-order valence-corrected chi connectivity index (χ4v) is 3.46. The Morgan fingerprint density at radius 2 is 2.15 bits per heavy atom. The molecule has 1 heterocycles. The summed E-state index contributed by atoms with van der Waals surface area (Å²) in [5, 5.41) is 3.65. The summed E-state index contributed by atoms with van der Waals surface area (Å²) in [6.45, 7) is 6.67. The normalized spacial score (nSPS) is 18.0. The van der Waals surface area contributed by atoms with Gasteiger partial charge in [0, 0.05) is 32.5 Å². The Kier molecular flexibility index (Phi) is 5.61. The number of aromatic nitrogens is 2. The third kappa shape index (κ3) is 4.06. The van der Waals surface area contributed by atoms with Gasteiger partial charge in [-0.2, -0.15) is 0 Å². The first-order valence-electron chi connectivity index (χ1n) is 8.01. The Bertz CT molecular complexity index is 393. The second-order valence-corrected chi connectivity index (χ2v) is 6.51. The van der Waals surface area contributed by atoms with Crippen molar-refractivity contribution in [2.75, 3.05) is 26.7 Å². The molecule has 1 saturated carbocycles. The van der Waals surface area contributed by atoms with Gasteiger partial charge in [-0.15, -0.1) is 0 Å². The van der Waals surface area contributed by atoms with Gasteiger partial charge in [0.15, 0.2) is 0 Å². The summed E-state index contributed by atoms with van der Waals surface area (Å²) < 4.78 is 2.12. The van der Waals surface area contributed by atoms with Crippen LogP contribution in [0.4, 0.5) is 0 Å². The molecule has 4 heteroatoms. The van der Waals surface area contributed by atoms with Crippen LogP contribution in [0.25, 0.3) is 0 Å². The molecule has 1 aromatic rings. The molecule has 0 amide bonds. The van der Waals surface area contributed by atoms with Gasteiger partial charge in [-0.05, 0) is 38.3 Å². The van der Waals surface area contributed by atoms with E-state index in [9.17, 15) is 0 Å². The predicted octanol–water partition coefficient (Wildman–Crippen LogP) is 2.41. The second-order valence-electron chi connectivity index (χ2n) is 6.51. The number of nitrogens with one attached hydrogen (secondary N) is 1. The molecular weight excluding hydrogens is 248 g/mol. The van der Waals surface area contributed by atoms with Gasteiger partial charge in [0.25, 0.3) is 0 Å². The monoisotopic (exact) mass is 278 g/mol. The Hall–Kier alpha value is -0.870. The minimum absolute atomic E-state index is 0.481. The molecule has 0 saturated heterocycles. The Morgan fingerprint density at radius 1 is 1.40 bits per heavy atom. The van der Waals surface area contributed by atoms with Crippen LogP contribution in [-0.2, 0) is 13.6 Å². The Morgan fingerprint density at radius 3 is 2.75 bits per heavy atom. The second kappa shape index (κ2) is 7.23. The lowest BCUT2D eigenvalue weighted by molar-refractivity contribution is 0.164. The number of imidazole rings is 1. The molecule has 2 rings (SSSR count). The van der Waals surface area contributed by atoms with E-state index in [1.807, 2.05) is 12.4 Å². The average molecular weight is 278 g/mol. The molecule has 0 aliphatic heterocycles. The molecule has 0 atom stereocenters. The molecule has 4 nitrogen and oxygen atoms in total. The maximum atomic E-state index is 4.43. The van der Waals surface area contributed by atoms with E-state index in [0.717, 1.165) is 18.9 Å². The van der Waals surface area contributed by atoms with E-state index in [0.29, 0.717) is 5.41 Å². The van der Waals surface area contributed by atoms with Crippen molar-refractivity contribution in [1.29, 1.82) is 0 Å². The summed E-state index contributed by atoms with van der Waals surface area (Å²) in [4.78, 5) is 6.88. The number of nitrogens with zero attached hydrogens (tertiary/aromatic N) is 3. The zero-order valence-electron chi connectivity index (χ0n) is 13.4. The smallest absolute Gasteiger partial charge is 0.122 e. The van der Waals surface area contributed by atoms with Crippen LogP contribution in [0.2, 0.25) is 0 Å². The highest BCUT2D eigenvalue weighted by atomic mass is 15.2. The quantitative estimate of drug-likeness (QED) is 0.741. The molecule has 0 bridgehead atoms. The molecule has 1 N–H and O–H groups in total. The lowest BCUT2D eigenvalue weighted by Crippen LogP contribution is -2.41. The van der Waals surface area contributed by atoms with E-state index in [1.165, 1.54) is 45.2 Å². The largest absolute Gasteiger partial charge is 0.337 e. The molecule has 114 valence electrons. The zero-order valence-corrected chi connectivity index (χ0v) is 13.4. The van der Waals surface area contributed by atoms with Gasteiger partial charge in [-0.25, -0.2) is 4.98 Å². The first-order valence-corrected chi connectivity index (χ1v) is 8.01. The fraction of sp³-hybridized carbons (Fsp3) is 0.812. The van der Waals surface area contributed by atoms with Crippen LogP contribution < -0.4 is 5.32 Å². The Balaban J connectivity index is 1.88. The molecule has 0 spiro atoms. The summed E-state index contributed by atoms with van der Waals surface area (Å²) in [7, 11) is 4.30. The minimum atomic E-state index is 0.481. The lowest BCUT2D eigenvalue weighted by Gasteiger charge is -2.34. The highest BCUT2D eigenvalue weighted by Crippen LogP contribution is 2.38. The summed E-state index contributed by atoms with van der Waals surface area (Å²) in [6.07, 6.45) is 10.7. The maximum absolute atomic E-state index is 4.43. The topological polar surface area (TPSA) is 33.1 Å². The van der Waals surface area contributed by atoms with Gasteiger partial charge < -0.3 is 9.88 Å². The molecule has 20 heavy (non-hydrogen) atoms. The first kappa shape index (κ1) is 15.5. The standard InChI is InChI=1S/C16H30N4/c1-4-9-17-13-16(7-5-6-8-16)14-19(2)12-15-18-10-11-20(15)3/h10-11,17H,4-9,12-14H2,1-3H3. The van der Waals surface area contributed by atoms with Crippen LogP contribution >= 0.6 is 0 Å². The van der Waals surface area contributed by atoms with Crippen molar-refractivity contribution in [3.63, 3.8) is 0 Å². The summed E-state index contributed by atoms with van der Waals surface area (Å²) >= 11 is 0. The molecule has 1 aliphatic rings. The molecule has 0 radical (unpaired) electrons. The molecular formula is C16H30N4. The van der Waals surface area contributed by atoms with Crippen LogP contribution in [0, 0.1) is 5.41 Å². The van der Waals surface area contributed by atoms with Crippen molar-refractivity contribution in [3.8, 4) is 0 Å². The molecule has 1 aromatic heterocycles. The van der Waals surface area contributed by atoms with E-state index in [4.69, 9.17) is 0 Å². The van der Waals surface area contributed by atoms with Gasteiger partial charge in [0.2, 0.25) is 0 Å². The first-order chi connectivity index (χ1) is 9.65. The highest BCUT2D eigenvalue weighted by Gasteiger charge is 2.34. The van der Waals surface area contributed by atoms with Crippen LogP contribution in [0.3, 0.4) is 0 Å². The highest BCUT2D eigenvalue weighted by molar-refractivity contribution is 4.93. The van der Waals surface area contributed by atoms with Crippen molar-refractivity contribution in [2.45, 2.75) is 45.6 Å². The van der Waals surface area contributed by atoms with Gasteiger partial charge in [0.1, 0.15) is 5.82 Å². The SMILES string of the molecule is CCCNCC1(CN(C)Cc2nccn2C)CCCC1. The van der Waals surface area contributed by atoms with Gasteiger partial charge in [-0.1, -0.05) is 19.8 Å². The van der Waals surface area contributed by atoms with E-state index in [-0.39, 0.29) is 0 Å². The van der Waals surface area contributed by atoms with Gasteiger partial charge in [0.05, 0.1) is 6.54 Å². The van der Waals surface area contributed by atoms with Crippen LogP contribution in [0.5, 0.6) is 0 Å².